The Hall–Kier alpha value is -1.36. The topological polar surface area (TPSA) is 50.2 Å². The van der Waals surface area contributed by atoms with Crippen LogP contribution in [0.4, 0.5) is 0 Å². The monoisotopic (exact) mass is 264 g/mol. The van der Waals surface area contributed by atoms with Crippen LogP contribution in [0.15, 0.2) is 6.20 Å². The number of aromatic nitrogens is 2. The first-order valence-electron chi connectivity index (χ1n) is 7.13. The smallest absolute Gasteiger partial charge is 0.257 e. The zero-order valence-electron chi connectivity index (χ0n) is 12.3. The first-order valence-corrected chi connectivity index (χ1v) is 7.13. The predicted octanol–water partition coefficient (Wildman–Crippen LogP) is 1.46. The molecule has 0 bridgehead atoms. The molecule has 0 radical (unpaired) electrons. The van der Waals surface area contributed by atoms with Gasteiger partial charge in [-0.15, -0.1) is 0 Å². The van der Waals surface area contributed by atoms with Gasteiger partial charge in [0.15, 0.2) is 0 Å². The number of carbonyl (C=O) groups excluding carboxylic acids is 1. The molecule has 2 heterocycles. The van der Waals surface area contributed by atoms with Gasteiger partial charge in [0, 0.05) is 38.4 Å². The van der Waals surface area contributed by atoms with Gasteiger partial charge in [-0.3, -0.25) is 9.48 Å². The zero-order chi connectivity index (χ0) is 14.0. The van der Waals surface area contributed by atoms with Crippen molar-refractivity contribution in [3.8, 4) is 0 Å². The van der Waals surface area contributed by atoms with Crippen LogP contribution in [0.3, 0.4) is 0 Å². The van der Waals surface area contributed by atoms with Crippen molar-refractivity contribution in [1.82, 2.24) is 20.0 Å². The molecule has 1 atom stereocenters. The number of rotatable bonds is 3. The molecule has 0 spiro atoms. The molecule has 5 heteroatoms. The van der Waals surface area contributed by atoms with Crippen LogP contribution in [0.1, 0.15) is 49.7 Å². The summed E-state index contributed by atoms with van der Waals surface area (Å²) in [6.07, 6.45) is 1.89. The highest BCUT2D eigenvalue weighted by Crippen LogP contribution is 2.20. The summed E-state index contributed by atoms with van der Waals surface area (Å²) in [6.45, 7) is 11.5. The Labute approximate surface area is 115 Å². The number of piperazine rings is 1. The van der Waals surface area contributed by atoms with Crippen molar-refractivity contribution >= 4 is 5.91 Å². The van der Waals surface area contributed by atoms with E-state index in [0.717, 1.165) is 37.4 Å². The summed E-state index contributed by atoms with van der Waals surface area (Å²) in [7, 11) is 0. The van der Waals surface area contributed by atoms with Gasteiger partial charge in [0.1, 0.15) is 0 Å². The second kappa shape index (κ2) is 5.74. The van der Waals surface area contributed by atoms with Crippen molar-refractivity contribution in [2.75, 3.05) is 19.6 Å². The SMILES string of the molecule is CCn1cc(C(=O)N2CCN[C@H](C)C2)c(C(C)C)n1. The number of nitrogens with zero attached hydrogens (tertiary/aromatic N) is 3. The quantitative estimate of drug-likeness (QED) is 0.899. The fourth-order valence-corrected chi connectivity index (χ4v) is 2.48. The number of nitrogens with one attached hydrogen (secondary N) is 1. The van der Waals surface area contributed by atoms with E-state index in [1.54, 1.807) is 0 Å². The number of hydrogen-bond donors (Lipinski definition) is 1. The van der Waals surface area contributed by atoms with E-state index in [-0.39, 0.29) is 11.8 Å². The number of carbonyl (C=O) groups is 1. The van der Waals surface area contributed by atoms with Gasteiger partial charge in [0.25, 0.3) is 5.91 Å². The molecule has 0 saturated carbocycles. The molecule has 0 unspecified atom stereocenters. The minimum Gasteiger partial charge on any atom is -0.336 e. The van der Waals surface area contributed by atoms with E-state index >= 15 is 0 Å². The molecule has 1 aromatic rings. The van der Waals surface area contributed by atoms with Crippen LogP contribution >= 0.6 is 0 Å². The lowest BCUT2D eigenvalue weighted by Gasteiger charge is -2.31. The lowest BCUT2D eigenvalue weighted by atomic mass is 10.0. The molecule has 19 heavy (non-hydrogen) atoms. The molecule has 1 aliphatic rings. The van der Waals surface area contributed by atoms with Gasteiger partial charge in [-0.2, -0.15) is 5.10 Å². The van der Waals surface area contributed by atoms with Gasteiger partial charge in [-0.05, 0) is 19.8 Å². The highest BCUT2D eigenvalue weighted by atomic mass is 16.2. The Bertz CT molecular complexity index is 452. The van der Waals surface area contributed by atoms with Crippen LogP contribution in [0.2, 0.25) is 0 Å². The fourth-order valence-electron chi connectivity index (χ4n) is 2.48. The first-order chi connectivity index (χ1) is 9.02. The van der Waals surface area contributed by atoms with E-state index in [2.05, 4.69) is 31.2 Å². The van der Waals surface area contributed by atoms with E-state index in [4.69, 9.17) is 0 Å². The number of hydrogen-bond acceptors (Lipinski definition) is 3. The lowest BCUT2D eigenvalue weighted by Crippen LogP contribution is -2.51. The maximum absolute atomic E-state index is 12.6. The van der Waals surface area contributed by atoms with Crippen LogP contribution in [0.5, 0.6) is 0 Å². The highest BCUT2D eigenvalue weighted by Gasteiger charge is 2.26. The highest BCUT2D eigenvalue weighted by molar-refractivity contribution is 5.95. The summed E-state index contributed by atoms with van der Waals surface area (Å²) in [5, 5.41) is 7.87. The van der Waals surface area contributed by atoms with Crippen LogP contribution in [-0.2, 0) is 6.54 Å². The van der Waals surface area contributed by atoms with Crippen LogP contribution < -0.4 is 5.32 Å². The lowest BCUT2D eigenvalue weighted by molar-refractivity contribution is 0.0707. The normalized spacial score (nSPS) is 20.1. The molecule has 1 aromatic heterocycles. The number of aryl methyl sites for hydroxylation is 1. The first kappa shape index (κ1) is 14.1. The van der Waals surface area contributed by atoms with E-state index in [1.165, 1.54) is 0 Å². The standard InChI is InChI=1S/C14H24N4O/c1-5-18-9-12(13(16-18)10(2)3)14(19)17-7-6-15-11(4)8-17/h9-11,15H,5-8H2,1-4H3/t11-/m1/s1. The molecule has 1 amide bonds. The van der Waals surface area contributed by atoms with Gasteiger partial charge < -0.3 is 10.2 Å². The molecular formula is C14H24N4O. The third kappa shape index (κ3) is 2.97. The van der Waals surface area contributed by atoms with E-state index in [9.17, 15) is 4.79 Å². The second-order valence-corrected chi connectivity index (χ2v) is 5.54. The van der Waals surface area contributed by atoms with E-state index in [1.807, 2.05) is 22.7 Å². The van der Waals surface area contributed by atoms with Crippen LogP contribution in [0, 0.1) is 0 Å². The van der Waals surface area contributed by atoms with Crippen molar-refractivity contribution in [1.29, 1.82) is 0 Å². The maximum atomic E-state index is 12.6. The molecule has 1 saturated heterocycles. The van der Waals surface area contributed by atoms with Crippen LogP contribution in [0.25, 0.3) is 0 Å². The molecule has 0 aliphatic carbocycles. The van der Waals surface area contributed by atoms with Crippen molar-refractivity contribution in [3.63, 3.8) is 0 Å². The molecule has 106 valence electrons. The summed E-state index contributed by atoms with van der Waals surface area (Å²) >= 11 is 0. The molecule has 0 aromatic carbocycles. The van der Waals surface area contributed by atoms with E-state index < -0.39 is 0 Å². The third-order valence-corrected chi connectivity index (χ3v) is 3.55. The Morgan fingerprint density at radius 1 is 1.58 bits per heavy atom. The van der Waals surface area contributed by atoms with Gasteiger partial charge in [-0.1, -0.05) is 13.8 Å². The minimum absolute atomic E-state index is 0.122. The molecule has 1 aliphatic heterocycles. The Balaban J connectivity index is 2.24. The predicted molar refractivity (Wildman–Crippen MR) is 75.4 cm³/mol. The minimum atomic E-state index is 0.122. The largest absolute Gasteiger partial charge is 0.336 e. The fraction of sp³-hybridized carbons (Fsp3) is 0.714. The van der Waals surface area contributed by atoms with Gasteiger partial charge in [0.05, 0.1) is 11.3 Å². The van der Waals surface area contributed by atoms with Gasteiger partial charge in [-0.25, -0.2) is 0 Å². The number of amides is 1. The zero-order valence-corrected chi connectivity index (χ0v) is 12.3. The van der Waals surface area contributed by atoms with Crippen molar-refractivity contribution in [2.24, 2.45) is 0 Å². The Morgan fingerprint density at radius 2 is 2.32 bits per heavy atom. The summed E-state index contributed by atoms with van der Waals surface area (Å²) < 4.78 is 1.86. The second-order valence-electron chi connectivity index (χ2n) is 5.54. The van der Waals surface area contributed by atoms with Gasteiger partial charge >= 0.3 is 0 Å². The molecule has 1 N–H and O–H groups in total. The average Bonchev–Trinajstić information content (AvgIpc) is 2.82. The average molecular weight is 264 g/mol. The molecule has 1 fully saturated rings. The summed E-state index contributed by atoms with van der Waals surface area (Å²) in [5.74, 6) is 0.392. The molecule has 5 nitrogen and oxygen atoms in total. The Morgan fingerprint density at radius 3 is 2.89 bits per heavy atom. The van der Waals surface area contributed by atoms with E-state index in [0.29, 0.717) is 6.04 Å². The maximum Gasteiger partial charge on any atom is 0.257 e. The molecule has 2 rings (SSSR count). The van der Waals surface area contributed by atoms with Gasteiger partial charge in [0.2, 0.25) is 0 Å². The third-order valence-electron chi connectivity index (χ3n) is 3.55. The summed E-state index contributed by atoms with van der Waals surface area (Å²) in [6, 6.07) is 0.362. The molecular weight excluding hydrogens is 240 g/mol. The summed E-state index contributed by atoms with van der Waals surface area (Å²) in [4.78, 5) is 14.6. The Kier molecular flexibility index (Phi) is 4.24. The summed E-state index contributed by atoms with van der Waals surface area (Å²) in [5.41, 5.74) is 1.68. The van der Waals surface area contributed by atoms with Crippen LogP contribution in [-0.4, -0.2) is 46.3 Å². The van der Waals surface area contributed by atoms with Crippen molar-refractivity contribution in [2.45, 2.75) is 46.2 Å². The van der Waals surface area contributed by atoms with Crippen molar-refractivity contribution in [3.05, 3.63) is 17.5 Å². The van der Waals surface area contributed by atoms with Crippen molar-refractivity contribution < 1.29 is 4.79 Å².